The molecule has 0 atom stereocenters. The molecule has 2 aromatic rings. The molecular formula is C16H17ClF3N3O. The molecule has 3 rings (SSSR count). The van der Waals surface area contributed by atoms with Crippen LogP contribution >= 0.6 is 11.6 Å². The molecule has 0 spiro atoms. The van der Waals surface area contributed by atoms with E-state index in [1.807, 2.05) is 18.5 Å². The van der Waals surface area contributed by atoms with Gasteiger partial charge in [-0.3, -0.25) is 4.90 Å². The molecule has 1 aliphatic rings. The van der Waals surface area contributed by atoms with E-state index in [0.29, 0.717) is 6.54 Å². The molecule has 1 fully saturated rings. The lowest BCUT2D eigenvalue weighted by Crippen LogP contribution is -2.45. The van der Waals surface area contributed by atoms with Gasteiger partial charge in [0, 0.05) is 45.1 Å². The van der Waals surface area contributed by atoms with Gasteiger partial charge in [0.05, 0.1) is 10.7 Å². The molecule has 1 aromatic heterocycles. The largest absolute Gasteiger partial charge is 0.573 e. The number of halogens is 4. The summed E-state index contributed by atoms with van der Waals surface area (Å²) in [5.41, 5.74) is 2.04. The molecule has 4 nitrogen and oxygen atoms in total. The number of piperazine rings is 1. The van der Waals surface area contributed by atoms with Gasteiger partial charge in [0.1, 0.15) is 5.75 Å². The van der Waals surface area contributed by atoms with E-state index in [9.17, 15) is 13.2 Å². The summed E-state index contributed by atoms with van der Waals surface area (Å²) in [7, 11) is 0. The molecule has 0 aliphatic carbocycles. The maximum atomic E-state index is 12.3. The summed E-state index contributed by atoms with van der Waals surface area (Å²) in [6, 6.07) is 6.45. The lowest BCUT2D eigenvalue weighted by atomic mass is 10.2. The van der Waals surface area contributed by atoms with E-state index >= 15 is 0 Å². The third kappa shape index (κ3) is 4.36. The second kappa shape index (κ2) is 6.94. The first kappa shape index (κ1) is 17.0. The Morgan fingerprint density at radius 2 is 1.88 bits per heavy atom. The number of alkyl halides is 3. The Labute approximate surface area is 142 Å². The van der Waals surface area contributed by atoms with Gasteiger partial charge < -0.3 is 14.6 Å². The number of rotatable bonds is 4. The van der Waals surface area contributed by atoms with Gasteiger partial charge in [-0.25, -0.2) is 0 Å². The number of hydrogen-bond donors (Lipinski definition) is 1. The van der Waals surface area contributed by atoms with Crippen LogP contribution in [0, 0.1) is 0 Å². The van der Waals surface area contributed by atoms with Crippen molar-refractivity contribution in [3.05, 3.63) is 47.2 Å². The van der Waals surface area contributed by atoms with Crippen LogP contribution in [0.5, 0.6) is 5.75 Å². The third-order valence-corrected chi connectivity index (χ3v) is 4.24. The van der Waals surface area contributed by atoms with Crippen LogP contribution in [0.1, 0.15) is 5.56 Å². The molecule has 0 saturated carbocycles. The molecule has 2 heterocycles. The SMILES string of the molecule is FC(F)(F)Oc1ccc(CN2CCN(c3cc[nH]c3)CC2)cc1Cl. The van der Waals surface area contributed by atoms with Gasteiger partial charge in [0.15, 0.2) is 0 Å². The minimum absolute atomic E-state index is 0.0317. The fourth-order valence-corrected chi connectivity index (χ4v) is 3.03. The minimum atomic E-state index is -4.74. The molecule has 8 heteroatoms. The van der Waals surface area contributed by atoms with Crippen LogP contribution in [-0.4, -0.2) is 42.4 Å². The quantitative estimate of drug-likeness (QED) is 0.898. The van der Waals surface area contributed by atoms with Crippen LogP contribution in [0.3, 0.4) is 0 Å². The Balaban J connectivity index is 1.56. The Morgan fingerprint density at radius 1 is 1.12 bits per heavy atom. The Bertz CT molecular complexity index is 668. The highest BCUT2D eigenvalue weighted by molar-refractivity contribution is 6.32. The summed E-state index contributed by atoms with van der Waals surface area (Å²) in [6.45, 7) is 4.21. The summed E-state index contributed by atoms with van der Waals surface area (Å²) in [5, 5.41) is -0.0317. The monoisotopic (exact) mass is 359 g/mol. The van der Waals surface area contributed by atoms with Crippen molar-refractivity contribution in [3.63, 3.8) is 0 Å². The number of benzene rings is 1. The van der Waals surface area contributed by atoms with Crippen molar-refractivity contribution >= 4 is 17.3 Å². The maximum Gasteiger partial charge on any atom is 0.573 e. The average molecular weight is 360 g/mol. The average Bonchev–Trinajstić information content (AvgIpc) is 3.04. The van der Waals surface area contributed by atoms with Gasteiger partial charge in [-0.15, -0.1) is 13.2 Å². The van der Waals surface area contributed by atoms with Gasteiger partial charge in [0.2, 0.25) is 0 Å². The zero-order chi connectivity index (χ0) is 17.2. The molecule has 130 valence electrons. The summed E-state index contributed by atoms with van der Waals surface area (Å²) < 4.78 is 40.6. The molecule has 1 saturated heterocycles. The van der Waals surface area contributed by atoms with Crippen LogP contribution in [0.4, 0.5) is 18.9 Å². The summed E-state index contributed by atoms with van der Waals surface area (Å²) in [4.78, 5) is 7.58. The molecule has 0 radical (unpaired) electrons. The first-order valence-electron chi connectivity index (χ1n) is 7.55. The van der Waals surface area contributed by atoms with E-state index in [1.165, 1.54) is 17.8 Å². The van der Waals surface area contributed by atoms with Crippen LogP contribution in [-0.2, 0) is 6.54 Å². The number of aromatic nitrogens is 1. The number of ether oxygens (including phenoxy) is 1. The minimum Gasteiger partial charge on any atom is -0.404 e. The molecular weight excluding hydrogens is 343 g/mol. The molecule has 1 N–H and O–H groups in total. The predicted molar refractivity (Wildman–Crippen MR) is 86.4 cm³/mol. The van der Waals surface area contributed by atoms with Gasteiger partial charge in [-0.2, -0.15) is 0 Å². The van der Waals surface area contributed by atoms with Crippen molar-refractivity contribution in [2.45, 2.75) is 12.9 Å². The second-order valence-corrected chi connectivity index (χ2v) is 6.05. The Morgan fingerprint density at radius 3 is 2.46 bits per heavy atom. The number of anilines is 1. The van der Waals surface area contributed by atoms with Crippen molar-refractivity contribution in [3.8, 4) is 5.75 Å². The summed E-state index contributed by atoms with van der Waals surface area (Å²) in [6.07, 6.45) is -0.872. The van der Waals surface area contributed by atoms with E-state index < -0.39 is 6.36 Å². The number of hydrogen-bond acceptors (Lipinski definition) is 3. The number of aromatic amines is 1. The van der Waals surface area contributed by atoms with Crippen LogP contribution < -0.4 is 9.64 Å². The predicted octanol–water partition coefficient (Wildman–Crippen LogP) is 3.89. The van der Waals surface area contributed by atoms with Gasteiger partial charge in [-0.1, -0.05) is 17.7 Å². The maximum absolute atomic E-state index is 12.3. The summed E-state index contributed by atoms with van der Waals surface area (Å²) in [5.74, 6) is -0.370. The highest BCUT2D eigenvalue weighted by atomic mass is 35.5. The molecule has 0 unspecified atom stereocenters. The van der Waals surface area contributed by atoms with Crippen molar-refractivity contribution in [1.29, 1.82) is 0 Å². The van der Waals surface area contributed by atoms with Gasteiger partial charge in [0.25, 0.3) is 0 Å². The molecule has 24 heavy (non-hydrogen) atoms. The lowest BCUT2D eigenvalue weighted by molar-refractivity contribution is -0.274. The molecule has 1 aliphatic heterocycles. The number of nitrogens with zero attached hydrogens (tertiary/aromatic N) is 2. The fourth-order valence-electron chi connectivity index (χ4n) is 2.78. The zero-order valence-electron chi connectivity index (χ0n) is 12.8. The van der Waals surface area contributed by atoms with Crippen molar-refractivity contribution < 1.29 is 17.9 Å². The van der Waals surface area contributed by atoms with E-state index in [2.05, 4.69) is 19.5 Å². The van der Waals surface area contributed by atoms with Crippen molar-refractivity contribution in [1.82, 2.24) is 9.88 Å². The smallest absolute Gasteiger partial charge is 0.404 e. The summed E-state index contributed by atoms with van der Waals surface area (Å²) >= 11 is 5.89. The highest BCUT2D eigenvalue weighted by Crippen LogP contribution is 2.31. The van der Waals surface area contributed by atoms with Gasteiger partial charge >= 0.3 is 6.36 Å². The van der Waals surface area contributed by atoms with Crippen LogP contribution in [0.25, 0.3) is 0 Å². The van der Waals surface area contributed by atoms with Crippen molar-refractivity contribution in [2.24, 2.45) is 0 Å². The van der Waals surface area contributed by atoms with E-state index in [1.54, 1.807) is 6.07 Å². The first-order chi connectivity index (χ1) is 11.4. The van der Waals surface area contributed by atoms with E-state index in [-0.39, 0.29) is 10.8 Å². The zero-order valence-corrected chi connectivity index (χ0v) is 13.6. The highest BCUT2D eigenvalue weighted by Gasteiger charge is 2.32. The fraction of sp³-hybridized carbons (Fsp3) is 0.375. The second-order valence-electron chi connectivity index (χ2n) is 5.64. The Kier molecular flexibility index (Phi) is 4.91. The lowest BCUT2D eigenvalue weighted by Gasteiger charge is -2.35. The topological polar surface area (TPSA) is 31.5 Å². The van der Waals surface area contributed by atoms with E-state index in [0.717, 1.165) is 31.7 Å². The molecule has 0 amide bonds. The normalized spacial score (nSPS) is 16.4. The molecule has 1 aromatic carbocycles. The molecule has 0 bridgehead atoms. The van der Waals surface area contributed by atoms with Crippen LogP contribution in [0.15, 0.2) is 36.7 Å². The standard InChI is InChI=1S/C16H17ClF3N3O/c17-14-9-12(1-2-15(14)24-16(18,19)20)11-22-5-7-23(8-6-22)13-3-4-21-10-13/h1-4,9-10,21H,5-8,11H2. The first-order valence-corrected chi connectivity index (χ1v) is 7.93. The van der Waals surface area contributed by atoms with E-state index in [4.69, 9.17) is 11.6 Å². The number of nitrogens with one attached hydrogen (secondary N) is 1. The van der Waals surface area contributed by atoms with Crippen molar-refractivity contribution in [2.75, 3.05) is 31.1 Å². The van der Waals surface area contributed by atoms with Crippen LogP contribution in [0.2, 0.25) is 5.02 Å². The third-order valence-electron chi connectivity index (χ3n) is 3.95. The van der Waals surface area contributed by atoms with Gasteiger partial charge in [-0.05, 0) is 23.8 Å². The Hall–Kier alpha value is -1.86. The number of H-pyrrole nitrogens is 1.